The van der Waals surface area contributed by atoms with Crippen molar-refractivity contribution in [3.8, 4) is 0 Å². The average Bonchev–Trinajstić information content (AvgIpc) is 3.00. The predicted molar refractivity (Wildman–Crippen MR) is 74.7 cm³/mol. The van der Waals surface area contributed by atoms with Crippen molar-refractivity contribution in [1.29, 1.82) is 0 Å². The number of rotatable bonds is 3. The summed E-state index contributed by atoms with van der Waals surface area (Å²) in [7, 11) is 1.64. The normalized spacial score (nSPS) is 10.7. The number of amides is 1. The van der Waals surface area contributed by atoms with Gasteiger partial charge in [0.2, 0.25) is 0 Å². The first-order chi connectivity index (χ1) is 10.2. The van der Waals surface area contributed by atoms with Crippen LogP contribution in [0.1, 0.15) is 16.2 Å². The number of fused-ring (bicyclic) bond motifs is 1. The van der Waals surface area contributed by atoms with Crippen molar-refractivity contribution in [2.75, 3.05) is 7.05 Å². The molecule has 0 bridgehead atoms. The summed E-state index contributed by atoms with van der Waals surface area (Å²) in [6.07, 6.45) is 1.45. The second-order valence-electron chi connectivity index (χ2n) is 4.60. The molecule has 0 spiro atoms. The summed E-state index contributed by atoms with van der Waals surface area (Å²) >= 11 is 0. The van der Waals surface area contributed by atoms with Crippen LogP contribution in [0.15, 0.2) is 45.9 Å². The summed E-state index contributed by atoms with van der Waals surface area (Å²) in [6, 6.07) is 8.55. The van der Waals surface area contributed by atoms with Crippen molar-refractivity contribution in [2.45, 2.75) is 6.54 Å². The first kappa shape index (κ1) is 13.0. The number of nitrogens with zero attached hydrogens (tertiary/aromatic N) is 3. The van der Waals surface area contributed by atoms with E-state index in [1.54, 1.807) is 37.4 Å². The molecule has 2 aromatic heterocycles. The van der Waals surface area contributed by atoms with Crippen molar-refractivity contribution < 1.29 is 9.32 Å². The molecule has 3 aromatic rings. The second kappa shape index (κ2) is 5.20. The van der Waals surface area contributed by atoms with E-state index in [2.05, 4.69) is 15.4 Å². The van der Waals surface area contributed by atoms with Gasteiger partial charge in [-0.15, -0.1) is 0 Å². The molecule has 106 valence electrons. The molecule has 0 aliphatic heterocycles. The number of aromatic nitrogens is 3. The Hall–Kier alpha value is -2.96. The molecule has 0 radical (unpaired) electrons. The number of carbonyl (C=O) groups excluding carboxylic acids is 1. The third-order valence-electron chi connectivity index (χ3n) is 3.14. The molecule has 2 heterocycles. The van der Waals surface area contributed by atoms with E-state index in [9.17, 15) is 9.59 Å². The molecule has 0 aliphatic carbocycles. The van der Waals surface area contributed by atoms with Gasteiger partial charge in [-0.2, -0.15) is 5.10 Å². The number of carbonyl (C=O) groups is 1. The fraction of sp³-hybridized carbons (Fsp3) is 0.143. The SMILES string of the molecule is CN(Cc1ccon1)C(=O)c1n[nH]c(=O)c2ccccc12. The number of aromatic amines is 1. The Kier molecular flexibility index (Phi) is 3.23. The Balaban J connectivity index is 1.98. The first-order valence-electron chi connectivity index (χ1n) is 6.29. The molecule has 0 saturated heterocycles. The van der Waals surface area contributed by atoms with E-state index in [0.29, 0.717) is 23.0 Å². The highest BCUT2D eigenvalue weighted by Gasteiger charge is 2.18. The molecule has 0 unspecified atom stereocenters. The van der Waals surface area contributed by atoms with Gasteiger partial charge >= 0.3 is 0 Å². The maximum Gasteiger partial charge on any atom is 0.275 e. The molecule has 21 heavy (non-hydrogen) atoms. The molecule has 0 saturated carbocycles. The van der Waals surface area contributed by atoms with Crippen LogP contribution in [0.3, 0.4) is 0 Å². The fourth-order valence-electron chi connectivity index (χ4n) is 2.09. The Morgan fingerprint density at radius 1 is 1.29 bits per heavy atom. The van der Waals surface area contributed by atoms with E-state index < -0.39 is 0 Å². The van der Waals surface area contributed by atoms with Crippen LogP contribution < -0.4 is 5.56 Å². The van der Waals surface area contributed by atoms with Gasteiger partial charge in [-0.25, -0.2) is 5.10 Å². The van der Waals surface area contributed by atoms with Crippen LogP contribution in [0.25, 0.3) is 10.8 Å². The lowest BCUT2D eigenvalue weighted by Gasteiger charge is -2.15. The van der Waals surface area contributed by atoms with Crippen molar-refractivity contribution in [3.05, 3.63) is 58.3 Å². The molecular formula is C14H12N4O3. The highest BCUT2D eigenvalue weighted by Crippen LogP contribution is 2.14. The fourth-order valence-corrected chi connectivity index (χ4v) is 2.09. The topological polar surface area (TPSA) is 92.1 Å². The minimum atomic E-state index is -0.318. The van der Waals surface area contributed by atoms with E-state index >= 15 is 0 Å². The van der Waals surface area contributed by atoms with Crippen LogP contribution in [0.2, 0.25) is 0 Å². The van der Waals surface area contributed by atoms with Crippen molar-refractivity contribution in [1.82, 2.24) is 20.3 Å². The number of nitrogens with one attached hydrogen (secondary N) is 1. The Labute approximate surface area is 119 Å². The molecule has 7 heteroatoms. The lowest BCUT2D eigenvalue weighted by Crippen LogP contribution is -2.28. The Bertz CT molecular complexity index is 839. The summed E-state index contributed by atoms with van der Waals surface area (Å²) in [4.78, 5) is 25.7. The zero-order valence-electron chi connectivity index (χ0n) is 11.2. The van der Waals surface area contributed by atoms with E-state index in [0.717, 1.165) is 0 Å². The van der Waals surface area contributed by atoms with Crippen molar-refractivity contribution >= 4 is 16.7 Å². The monoisotopic (exact) mass is 284 g/mol. The molecule has 7 nitrogen and oxygen atoms in total. The largest absolute Gasteiger partial charge is 0.364 e. The molecule has 1 N–H and O–H groups in total. The Morgan fingerprint density at radius 3 is 2.76 bits per heavy atom. The minimum absolute atomic E-state index is 0.205. The standard InChI is InChI=1S/C14H12N4O3/c1-18(8-9-6-7-21-17-9)14(20)12-10-4-2-3-5-11(10)13(19)16-15-12/h2-7H,8H2,1H3,(H,16,19). The van der Waals surface area contributed by atoms with Gasteiger partial charge in [0.1, 0.15) is 12.0 Å². The molecule has 0 aliphatic rings. The van der Waals surface area contributed by atoms with Crippen LogP contribution in [0.5, 0.6) is 0 Å². The molecular weight excluding hydrogens is 272 g/mol. The number of hydrogen-bond acceptors (Lipinski definition) is 5. The molecule has 1 amide bonds. The van der Waals surface area contributed by atoms with Gasteiger partial charge in [-0.3, -0.25) is 9.59 Å². The lowest BCUT2D eigenvalue weighted by atomic mass is 10.1. The summed E-state index contributed by atoms with van der Waals surface area (Å²) in [6.45, 7) is 0.296. The average molecular weight is 284 g/mol. The molecule has 1 aromatic carbocycles. The van der Waals surface area contributed by atoms with Gasteiger partial charge in [-0.1, -0.05) is 23.4 Å². The van der Waals surface area contributed by atoms with Crippen LogP contribution in [-0.4, -0.2) is 33.2 Å². The maximum absolute atomic E-state index is 12.5. The summed E-state index contributed by atoms with van der Waals surface area (Å²) in [5.41, 5.74) is 0.525. The van der Waals surface area contributed by atoms with E-state index in [1.807, 2.05) is 0 Å². The van der Waals surface area contributed by atoms with Crippen LogP contribution in [0, 0.1) is 0 Å². The van der Waals surface area contributed by atoms with Crippen molar-refractivity contribution in [2.24, 2.45) is 0 Å². The highest BCUT2D eigenvalue weighted by molar-refractivity contribution is 6.04. The molecule has 0 atom stereocenters. The highest BCUT2D eigenvalue weighted by atomic mass is 16.5. The summed E-state index contributed by atoms with van der Waals surface area (Å²) in [5, 5.41) is 11.0. The summed E-state index contributed by atoms with van der Waals surface area (Å²) in [5.74, 6) is -0.301. The van der Waals surface area contributed by atoms with Gasteiger partial charge in [0.25, 0.3) is 11.5 Å². The van der Waals surface area contributed by atoms with Gasteiger partial charge in [0.05, 0.1) is 11.9 Å². The van der Waals surface area contributed by atoms with E-state index in [4.69, 9.17) is 4.52 Å². The first-order valence-corrected chi connectivity index (χ1v) is 6.29. The third-order valence-corrected chi connectivity index (χ3v) is 3.14. The minimum Gasteiger partial charge on any atom is -0.364 e. The van der Waals surface area contributed by atoms with Gasteiger partial charge in [0.15, 0.2) is 5.69 Å². The van der Waals surface area contributed by atoms with Gasteiger partial charge in [0, 0.05) is 18.5 Å². The van der Waals surface area contributed by atoms with Crippen LogP contribution in [0.4, 0.5) is 0 Å². The number of H-pyrrole nitrogens is 1. The lowest BCUT2D eigenvalue weighted by molar-refractivity contribution is 0.0777. The second-order valence-corrected chi connectivity index (χ2v) is 4.60. The van der Waals surface area contributed by atoms with E-state index in [1.165, 1.54) is 11.2 Å². The van der Waals surface area contributed by atoms with Crippen LogP contribution >= 0.6 is 0 Å². The molecule has 0 fully saturated rings. The number of hydrogen-bond donors (Lipinski definition) is 1. The Morgan fingerprint density at radius 2 is 2.05 bits per heavy atom. The quantitative estimate of drug-likeness (QED) is 0.779. The van der Waals surface area contributed by atoms with Crippen molar-refractivity contribution in [3.63, 3.8) is 0 Å². The number of benzene rings is 1. The zero-order valence-corrected chi connectivity index (χ0v) is 11.2. The smallest absolute Gasteiger partial charge is 0.275 e. The molecule has 3 rings (SSSR count). The zero-order chi connectivity index (χ0) is 14.8. The summed E-state index contributed by atoms with van der Waals surface area (Å²) < 4.78 is 4.74. The van der Waals surface area contributed by atoms with E-state index in [-0.39, 0.29) is 17.2 Å². The van der Waals surface area contributed by atoms with Gasteiger partial charge < -0.3 is 9.42 Å². The maximum atomic E-state index is 12.5. The predicted octanol–water partition coefficient (Wildman–Crippen LogP) is 1.18. The van der Waals surface area contributed by atoms with Crippen LogP contribution in [-0.2, 0) is 6.54 Å². The van der Waals surface area contributed by atoms with Gasteiger partial charge in [-0.05, 0) is 6.07 Å². The third kappa shape index (κ3) is 2.40.